The number of benzene rings is 2. The molecule has 1 N–H and O–H groups in total. The Labute approximate surface area is 138 Å². The lowest BCUT2D eigenvalue weighted by Crippen LogP contribution is -2.23. The summed E-state index contributed by atoms with van der Waals surface area (Å²) in [4.78, 5) is 12.2. The van der Waals surface area contributed by atoms with Crippen LogP contribution in [0, 0.1) is 0 Å². The Morgan fingerprint density at radius 1 is 1.05 bits per heavy atom. The average Bonchev–Trinajstić information content (AvgIpc) is 3.07. The molecule has 3 aromatic rings. The SMILES string of the molecule is O=C(NCc1ccccc1-c1ccsc1)c1ccccc1Cl. The van der Waals surface area contributed by atoms with Gasteiger partial charge in [0.1, 0.15) is 0 Å². The van der Waals surface area contributed by atoms with Crippen molar-refractivity contribution in [3.05, 3.63) is 81.5 Å². The predicted octanol–water partition coefficient (Wildman–Crippen LogP) is 5.00. The number of amides is 1. The molecule has 1 aromatic heterocycles. The van der Waals surface area contributed by atoms with E-state index in [2.05, 4.69) is 28.2 Å². The van der Waals surface area contributed by atoms with Crippen LogP contribution < -0.4 is 5.32 Å². The molecule has 0 bridgehead atoms. The van der Waals surface area contributed by atoms with Gasteiger partial charge in [0.2, 0.25) is 0 Å². The number of carbonyl (C=O) groups excluding carboxylic acids is 1. The number of hydrogen-bond acceptors (Lipinski definition) is 2. The molecule has 3 rings (SSSR count). The van der Waals surface area contributed by atoms with Crippen LogP contribution in [-0.4, -0.2) is 5.91 Å². The average molecular weight is 328 g/mol. The highest BCUT2D eigenvalue weighted by atomic mass is 35.5. The first-order valence-electron chi connectivity index (χ1n) is 6.89. The third-order valence-corrected chi connectivity index (χ3v) is 4.42. The molecular formula is C18H14ClNOS. The monoisotopic (exact) mass is 327 g/mol. The maximum atomic E-state index is 12.2. The zero-order chi connectivity index (χ0) is 15.4. The first-order valence-corrected chi connectivity index (χ1v) is 8.21. The van der Waals surface area contributed by atoms with Gasteiger partial charge in [0, 0.05) is 6.54 Å². The van der Waals surface area contributed by atoms with Gasteiger partial charge >= 0.3 is 0 Å². The normalized spacial score (nSPS) is 10.4. The molecule has 110 valence electrons. The molecular weight excluding hydrogens is 314 g/mol. The second-order valence-electron chi connectivity index (χ2n) is 4.83. The van der Waals surface area contributed by atoms with E-state index in [0.717, 1.165) is 11.1 Å². The zero-order valence-corrected chi connectivity index (χ0v) is 13.3. The Kier molecular flexibility index (Phi) is 4.56. The highest BCUT2D eigenvalue weighted by Gasteiger charge is 2.10. The van der Waals surface area contributed by atoms with Crippen LogP contribution in [0.2, 0.25) is 5.02 Å². The molecule has 0 saturated heterocycles. The van der Waals surface area contributed by atoms with Crippen molar-refractivity contribution in [2.24, 2.45) is 0 Å². The maximum absolute atomic E-state index is 12.2. The van der Waals surface area contributed by atoms with E-state index in [4.69, 9.17) is 11.6 Å². The molecule has 2 nitrogen and oxygen atoms in total. The Balaban J connectivity index is 1.78. The summed E-state index contributed by atoms with van der Waals surface area (Å²) in [5.41, 5.74) is 3.90. The van der Waals surface area contributed by atoms with E-state index in [0.29, 0.717) is 17.1 Å². The molecule has 1 heterocycles. The summed E-state index contributed by atoms with van der Waals surface area (Å²) in [6.45, 7) is 0.468. The lowest BCUT2D eigenvalue weighted by atomic mass is 10.0. The van der Waals surface area contributed by atoms with E-state index in [1.54, 1.807) is 29.5 Å². The zero-order valence-electron chi connectivity index (χ0n) is 11.8. The summed E-state index contributed by atoms with van der Waals surface area (Å²) >= 11 is 7.72. The summed E-state index contributed by atoms with van der Waals surface area (Å²) in [6.07, 6.45) is 0. The fourth-order valence-electron chi connectivity index (χ4n) is 2.29. The third-order valence-electron chi connectivity index (χ3n) is 3.41. The van der Waals surface area contributed by atoms with Crippen LogP contribution in [0.5, 0.6) is 0 Å². The highest BCUT2D eigenvalue weighted by Crippen LogP contribution is 2.25. The first kappa shape index (κ1) is 14.8. The second-order valence-corrected chi connectivity index (χ2v) is 6.02. The number of halogens is 1. The van der Waals surface area contributed by atoms with Gasteiger partial charge in [-0.25, -0.2) is 0 Å². The predicted molar refractivity (Wildman–Crippen MR) is 92.4 cm³/mol. The van der Waals surface area contributed by atoms with E-state index in [-0.39, 0.29) is 5.91 Å². The van der Waals surface area contributed by atoms with Crippen molar-refractivity contribution < 1.29 is 4.79 Å². The standard InChI is InChI=1S/C18H14ClNOS/c19-17-8-4-3-7-16(17)18(21)20-11-13-5-1-2-6-15(13)14-9-10-22-12-14/h1-10,12H,11H2,(H,20,21). The van der Waals surface area contributed by atoms with Crippen molar-refractivity contribution >= 4 is 28.8 Å². The number of nitrogens with one attached hydrogen (secondary N) is 1. The van der Waals surface area contributed by atoms with Crippen molar-refractivity contribution in [1.82, 2.24) is 5.32 Å². The Morgan fingerprint density at radius 2 is 1.82 bits per heavy atom. The summed E-state index contributed by atoms with van der Waals surface area (Å²) in [7, 11) is 0. The third kappa shape index (κ3) is 3.21. The van der Waals surface area contributed by atoms with Crippen LogP contribution >= 0.6 is 22.9 Å². The van der Waals surface area contributed by atoms with Crippen molar-refractivity contribution in [1.29, 1.82) is 0 Å². The van der Waals surface area contributed by atoms with Gasteiger partial charge in [-0.3, -0.25) is 4.79 Å². The minimum Gasteiger partial charge on any atom is -0.348 e. The molecule has 2 aromatic carbocycles. The van der Waals surface area contributed by atoms with Gasteiger partial charge in [-0.05, 0) is 45.6 Å². The van der Waals surface area contributed by atoms with Crippen LogP contribution in [0.1, 0.15) is 15.9 Å². The molecule has 0 aliphatic carbocycles. The first-order chi connectivity index (χ1) is 10.8. The van der Waals surface area contributed by atoms with Crippen molar-refractivity contribution in [3.8, 4) is 11.1 Å². The fraction of sp³-hybridized carbons (Fsp3) is 0.0556. The van der Waals surface area contributed by atoms with E-state index in [1.165, 1.54) is 5.56 Å². The Bertz CT molecular complexity index is 783. The van der Waals surface area contributed by atoms with Gasteiger partial charge in [-0.1, -0.05) is 48.0 Å². The number of thiophene rings is 1. The van der Waals surface area contributed by atoms with E-state index in [1.807, 2.05) is 24.3 Å². The smallest absolute Gasteiger partial charge is 0.253 e. The summed E-state index contributed by atoms with van der Waals surface area (Å²) < 4.78 is 0. The second kappa shape index (κ2) is 6.77. The molecule has 1 amide bonds. The molecule has 0 unspecified atom stereocenters. The lowest BCUT2D eigenvalue weighted by molar-refractivity contribution is 0.0951. The molecule has 0 saturated carbocycles. The van der Waals surface area contributed by atoms with Gasteiger partial charge < -0.3 is 5.32 Å². The highest BCUT2D eigenvalue weighted by molar-refractivity contribution is 7.08. The van der Waals surface area contributed by atoms with Gasteiger partial charge in [0.15, 0.2) is 0 Å². The van der Waals surface area contributed by atoms with E-state index in [9.17, 15) is 4.79 Å². The van der Waals surface area contributed by atoms with Crippen LogP contribution in [0.3, 0.4) is 0 Å². The van der Waals surface area contributed by atoms with Crippen LogP contribution in [0.15, 0.2) is 65.4 Å². The fourth-order valence-corrected chi connectivity index (χ4v) is 3.17. The van der Waals surface area contributed by atoms with Gasteiger partial charge in [-0.15, -0.1) is 0 Å². The summed E-state index contributed by atoms with van der Waals surface area (Å²) in [5.74, 6) is -0.161. The molecule has 0 aliphatic heterocycles. The molecule has 0 aliphatic rings. The van der Waals surface area contributed by atoms with Gasteiger partial charge in [-0.2, -0.15) is 11.3 Å². The largest absolute Gasteiger partial charge is 0.348 e. The van der Waals surface area contributed by atoms with Gasteiger partial charge in [0.05, 0.1) is 10.6 Å². The van der Waals surface area contributed by atoms with E-state index >= 15 is 0 Å². The minimum atomic E-state index is -0.161. The number of rotatable bonds is 4. The molecule has 0 spiro atoms. The topological polar surface area (TPSA) is 29.1 Å². The molecule has 22 heavy (non-hydrogen) atoms. The maximum Gasteiger partial charge on any atom is 0.253 e. The van der Waals surface area contributed by atoms with Crippen molar-refractivity contribution in [2.45, 2.75) is 6.54 Å². The minimum absolute atomic E-state index is 0.161. The van der Waals surface area contributed by atoms with Crippen LogP contribution in [-0.2, 0) is 6.54 Å². The Hall–Kier alpha value is -2.10. The quantitative estimate of drug-likeness (QED) is 0.718. The molecule has 0 fully saturated rings. The van der Waals surface area contributed by atoms with E-state index < -0.39 is 0 Å². The van der Waals surface area contributed by atoms with Crippen LogP contribution in [0.4, 0.5) is 0 Å². The summed E-state index contributed by atoms with van der Waals surface area (Å²) in [6, 6.07) is 17.2. The summed E-state index contributed by atoms with van der Waals surface area (Å²) in [5, 5.41) is 7.56. The van der Waals surface area contributed by atoms with Crippen LogP contribution in [0.25, 0.3) is 11.1 Å². The molecule has 0 radical (unpaired) electrons. The Morgan fingerprint density at radius 3 is 2.59 bits per heavy atom. The van der Waals surface area contributed by atoms with Crippen molar-refractivity contribution in [3.63, 3.8) is 0 Å². The molecule has 0 atom stereocenters. The van der Waals surface area contributed by atoms with Crippen molar-refractivity contribution in [2.75, 3.05) is 0 Å². The molecule has 4 heteroatoms. The number of hydrogen-bond donors (Lipinski definition) is 1. The van der Waals surface area contributed by atoms with Gasteiger partial charge in [0.25, 0.3) is 5.91 Å². The lowest BCUT2D eigenvalue weighted by Gasteiger charge is -2.10. The number of carbonyl (C=O) groups is 1.